The van der Waals surface area contributed by atoms with Crippen LogP contribution >= 0.6 is 23.8 Å². The Morgan fingerprint density at radius 3 is 2.54 bits per heavy atom. The molecule has 134 valence electrons. The second-order valence-electron chi connectivity index (χ2n) is 6.23. The van der Waals surface area contributed by atoms with Crippen LogP contribution in [0.15, 0.2) is 54.9 Å². The molecule has 2 aromatic carbocycles. The number of imidazole rings is 1. The average Bonchev–Trinajstić information content (AvgIpc) is 3.03. The van der Waals surface area contributed by atoms with Crippen LogP contribution in [-0.4, -0.2) is 14.7 Å². The Morgan fingerprint density at radius 2 is 1.88 bits per heavy atom. The first-order valence-electron chi connectivity index (χ1n) is 8.32. The third-order valence-electron chi connectivity index (χ3n) is 4.45. The first-order chi connectivity index (χ1) is 12.5. The van der Waals surface area contributed by atoms with E-state index >= 15 is 0 Å². The van der Waals surface area contributed by atoms with Crippen LogP contribution in [0.4, 0.5) is 5.69 Å². The van der Waals surface area contributed by atoms with Crippen molar-refractivity contribution in [1.29, 1.82) is 0 Å². The summed E-state index contributed by atoms with van der Waals surface area (Å²) in [4.78, 5) is 4.49. The Labute approximate surface area is 164 Å². The lowest BCUT2D eigenvalue weighted by Gasteiger charge is -2.22. The van der Waals surface area contributed by atoms with Crippen molar-refractivity contribution in [1.82, 2.24) is 14.9 Å². The number of benzene rings is 2. The minimum atomic E-state index is -0.183. The lowest BCUT2D eigenvalue weighted by molar-refractivity contribution is 0.664. The molecule has 0 bridgehead atoms. The second-order valence-corrected chi connectivity index (χ2v) is 7.07. The summed E-state index contributed by atoms with van der Waals surface area (Å²) in [6, 6.07) is 13.6. The van der Waals surface area contributed by atoms with E-state index in [1.807, 2.05) is 54.2 Å². The standard InChI is InChI=1S/C20H21ClN4S/c1-13-5-4-6-17(14(13)2)23-20(26)24-18(19-22-11-12-25(19)3)15-7-9-16(21)10-8-15/h4-12,18H,1-3H3,(H2,23,24,26)/t18-/m1/s1. The van der Waals surface area contributed by atoms with Gasteiger partial charge in [0.15, 0.2) is 5.11 Å². The van der Waals surface area contributed by atoms with E-state index in [1.165, 1.54) is 11.1 Å². The quantitative estimate of drug-likeness (QED) is 0.636. The maximum absolute atomic E-state index is 6.04. The maximum atomic E-state index is 6.04. The molecule has 1 aromatic heterocycles. The predicted molar refractivity (Wildman–Crippen MR) is 112 cm³/mol. The molecule has 4 nitrogen and oxygen atoms in total. The van der Waals surface area contributed by atoms with Crippen molar-refractivity contribution in [3.63, 3.8) is 0 Å². The van der Waals surface area contributed by atoms with Crippen LogP contribution in [0.2, 0.25) is 5.02 Å². The van der Waals surface area contributed by atoms with Crippen molar-refractivity contribution in [2.75, 3.05) is 5.32 Å². The fraction of sp³-hybridized carbons (Fsp3) is 0.200. The zero-order valence-corrected chi connectivity index (χ0v) is 16.5. The number of halogens is 1. The highest BCUT2D eigenvalue weighted by molar-refractivity contribution is 7.80. The van der Waals surface area contributed by atoms with Gasteiger partial charge in [-0.15, -0.1) is 0 Å². The van der Waals surface area contributed by atoms with Gasteiger partial charge >= 0.3 is 0 Å². The molecule has 3 rings (SSSR count). The normalized spacial score (nSPS) is 11.8. The Morgan fingerprint density at radius 1 is 1.15 bits per heavy atom. The van der Waals surface area contributed by atoms with Gasteiger partial charge in [0.1, 0.15) is 11.9 Å². The summed E-state index contributed by atoms with van der Waals surface area (Å²) in [5.74, 6) is 0.873. The molecule has 0 saturated heterocycles. The van der Waals surface area contributed by atoms with Crippen molar-refractivity contribution in [2.24, 2.45) is 7.05 Å². The highest BCUT2D eigenvalue weighted by atomic mass is 35.5. The van der Waals surface area contributed by atoms with Crippen LogP contribution in [0.5, 0.6) is 0 Å². The van der Waals surface area contributed by atoms with Crippen molar-refractivity contribution < 1.29 is 0 Å². The summed E-state index contributed by atoms with van der Waals surface area (Å²) in [6.45, 7) is 4.16. The van der Waals surface area contributed by atoms with Crippen LogP contribution in [0.25, 0.3) is 0 Å². The molecule has 0 spiro atoms. The summed E-state index contributed by atoms with van der Waals surface area (Å²) < 4.78 is 1.98. The second kappa shape index (κ2) is 7.89. The molecule has 3 aromatic rings. The van der Waals surface area contributed by atoms with E-state index in [0.717, 1.165) is 17.1 Å². The van der Waals surface area contributed by atoms with Crippen LogP contribution in [-0.2, 0) is 7.05 Å². The van der Waals surface area contributed by atoms with Gasteiger partial charge in [0, 0.05) is 30.2 Å². The van der Waals surface area contributed by atoms with E-state index in [4.69, 9.17) is 23.8 Å². The van der Waals surface area contributed by atoms with Crippen LogP contribution in [0, 0.1) is 13.8 Å². The summed E-state index contributed by atoms with van der Waals surface area (Å²) in [5.41, 5.74) is 4.43. The Bertz CT molecular complexity index is 918. The number of aromatic nitrogens is 2. The molecule has 0 fully saturated rings. The van der Waals surface area contributed by atoms with E-state index in [9.17, 15) is 0 Å². The molecule has 26 heavy (non-hydrogen) atoms. The number of rotatable bonds is 4. The molecule has 6 heteroatoms. The van der Waals surface area contributed by atoms with Gasteiger partial charge in [-0.25, -0.2) is 4.98 Å². The van der Waals surface area contributed by atoms with E-state index in [1.54, 1.807) is 6.20 Å². The van der Waals surface area contributed by atoms with Crippen molar-refractivity contribution in [2.45, 2.75) is 19.9 Å². The monoisotopic (exact) mass is 384 g/mol. The molecular formula is C20H21ClN4S. The van der Waals surface area contributed by atoms with Crippen LogP contribution in [0.1, 0.15) is 28.6 Å². The third kappa shape index (κ3) is 4.06. The number of thiocarbonyl (C=S) groups is 1. The van der Waals surface area contributed by atoms with Gasteiger partial charge in [-0.1, -0.05) is 35.9 Å². The van der Waals surface area contributed by atoms with Gasteiger partial charge in [-0.2, -0.15) is 0 Å². The summed E-state index contributed by atoms with van der Waals surface area (Å²) >= 11 is 11.6. The molecule has 0 amide bonds. The highest BCUT2D eigenvalue weighted by Gasteiger charge is 2.19. The van der Waals surface area contributed by atoms with Crippen molar-refractivity contribution in [3.8, 4) is 0 Å². The number of nitrogens with one attached hydrogen (secondary N) is 2. The minimum Gasteiger partial charge on any atom is -0.348 e. The average molecular weight is 385 g/mol. The number of hydrogen-bond acceptors (Lipinski definition) is 2. The minimum absolute atomic E-state index is 0.183. The zero-order chi connectivity index (χ0) is 18.7. The molecule has 0 aliphatic rings. The van der Waals surface area contributed by atoms with Crippen LogP contribution < -0.4 is 10.6 Å². The molecule has 0 aliphatic heterocycles. The lowest BCUT2D eigenvalue weighted by Crippen LogP contribution is -2.34. The van der Waals surface area contributed by atoms with Crippen LogP contribution in [0.3, 0.4) is 0 Å². The van der Waals surface area contributed by atoms with E-state index in [2.05, 4.69) is 35.5 Å². The molecule has 0 aliphatic carbocycles. The van der Waals surface area contributed by atoms with Gasteiger partial charge in [0.2, 0.25) is 0 Å². The topological polar surface area (TPSA) is 41.9 Å². The Balaban J connectivity index is 1.86. The summed E-state index contributed by atoms with van der Waals surface area (Å²) in [5, 5.41) is 7.93. The van der Waals surface area contributed by atoms with Gasteiger partial charge in [-0.3, -0.25) is 0 Å². The molecule has 0 saturated carbocycles. The van der Waals surface area contributed by atoms with Crippen molar-refractivity contribution >= 4 is 34.6 Å². The molecular weight excluding hydrogens is 364 g/mol. The smallest absolute Gasteiger partial charge is 0.171 e. The van der Waals surface area contributed by atoms with Gasteiger partial charge in [0.25, 0.3) is 0 Å². The maximum Gasteiger partial charge on any atom is 0.171 e. The Kier molecular flexibility index (Phi) is 5.59. The fourth-order valence-corrected chi connectivity index (χ4v) is 3.14. The van der Waals surface area contributed by atoms with Gasteiger partial charge in [0.05, 0.1) is 0 Å². The first kappa shape index (κ1) is 18.4. The largest absolute Gasteiger partial charge is 0.348 e. The number of aryl methyl sites for hydroxylation is 2. The van der Waals surface area contributed by atoms with Crippen molar-refractivity contribution in [3.05, 3.63) is 82.4 Å². The first-order valence-corrected chi connectivity index (χ1v) is 9.10. The zero-order valence-electron chi connectivity index (χ0n) is 15.0. The molecule has 0 radical (unpaired) electrons. The molecule has 2 N–H and O–H groups in total. The molecule has 1 atom stereocenters. The highest BCUT2D eigenvalue weighted by Crippen LogP contribution is 2.23. The fourth-order valence-electron chi connectivity index (χ4n) is 2.78. The molecule has 1 heterocycles. The number of hydrogen-bond donors (Lipinski definition) is 2. The van der Waals surface area contributed by atoms with E-state index in [-0.39, 0.29) is 6.04 Å². The number of nitrogens with zero attached hydrogens (tertiary/aromatic N) is 2. The van der Waals surface area contributed by atoms with E-state index in [0.29, 0.717) is 10.1 Å². The SMILES string of the molecule is Cc1cccc(NC(=S)N[C@H](c2ccc(Cl)cc2)c2nccn2C)c1C. The van der Waals surface area contributed by atoms with Gasteiger partial charge < -0.3 is 15.2 Å². The van der Waals surface area contributed by atoms with Gasteiger partial charge in [-0.05, 0) is 61.0 Å². The van der Waals surface area contributed by atoms with E-state index < -0.39 is 0 Å². The lowest BCUT2D eigenvalue weighted by atomic mass is 10.1. The third-order valence-corrected chi connectivity index (χ3v) is 4.92. The molecule has 0 unspecified atom stereocenters. The number of anilines is 1. The predicted octanol–water partition coefficient (Wildman–Crippen LogP) is 4.77. The Hall–Kier alpha value is -2.37. The summed E-state index contributed by atoms with van der Waals surface area (Å²) in [7, 11) is 1.97. The summed E-state index contributed by atoms with van der Waals surface area (Å²) in [6.07, 6.45) is 3.70.